The number of aryl methyl sites for hydroxylation is 1. The van der Waals surface area contributed by atoms with Crippen molar-refractivity contribution in [3.8, 4) is 11.6 Å². The summed E-state index contributed by atoms with van der Waals surface area (Å²) in [4.78, 5) is 15.8. The van der Waals surface area contributed by atoms with E-state index in [2.05, 4.69) is 56.5 Å². The summed E-state index contributed by atoms with van der Waals surface area (Å²) >= 11 is 0. The van der Waals surface area contributed by atoms with E-state index in [1.165, 1.54) is 11.1 Å². The molecule has 4 aromatic rings. The van der Waals surface area contributed by atoms with E-state index in [1.807, 2.05) is 36.7 Å². The van der Waals surface area contributed by atoms with E-state index < -0.39 is 0 Å². The average Bonchev–Trinajstić information content (AvgIpc) is 3.07. The smallest absolute Gasteiger partial charge is 0.226 e. The first kappa shape index (κ1) is 19.7. The lowest BCUT2D eigenvalue weighted by atomic mass is 10.1. The van der Waals surface area contributed by atoms with Gasteiger partial charge in [0.1, 0.15) is 12.4 Å². The molecule has 1 saturated heterocycles. The molecule has 0 spiro atoms. The van der Waals surface area contributed by atoms with Gasteiger partial charge in [0, 0.05) is 43.4 Å². The van der Waals surface area contributed by atoms with Gasteiger partial charge in [-0.3, -0.25) is 14.5 Å². The topological polar surface area (TPSA) is 56.1 Å². The molecule has 31 heavy (non-hydrogen) atoms. The zero-order chi connectivity index (χ0) is 21.2. The number of rotatable bonds is 5. The Bertz CT molecular complexity index is 1160. The third-order valence-electron chi connectivity index (χ3n) is 6.21. The van der Waals surface area contributed by atoms with E-state index in [0.717, 1.165) is 54.9 Å². The Balaban J connectivity index is 1.35. The zero-order valence-electron chi connectivity index (χ0n) is 18.0. The Morgan fingerprint density at radius 2 is 1.81 bits per heavy atom. The summed E-state index contributed by atoms with van der Waals surface area (Å²) in [6.45, 7) is 7.22. The van der Waals surface area contributed by atoms with E-state index in [1.54, 1.807) is 6.33 Å². The standard InChI is InChI=1S/C25H27N5O/c1-18-19(2)30(21-8-4-3-5-9-21)24-23(18)25(28-17-27-24)31-22-10-13-29(14-11-22)16-20-7-6-12-26-15-20/h3-9,12,15,17,22H,10-11,13-14,16H2,1-2H3. The number of fused-ring (bicyclic) bond motifs is 1. The van der Waals surface area contributed by atoms with Crippen LogP contribution in [0.3, 0.4) is 0 Å². The van der Waals surface area contributed by atoms with Crippen LogP contribution < -0.4 is 4.74 Å². The summed E-state index contributed by atoms with van der Waals surface area (Å²) in [5.74, 6) is 0.700. The largest absolute Gasteiger partial charge is 0.474 e. The van der Waals surface area contributed by atoms with E-state index in [4.69, 9.17) is 4.74 Å². The van der Waals surface area contributed by atoms with Crippen LogP contribution in [0.25, 0.3) is 16.7 Å². The van der Waals surface area contributed by atoms with Gasteiger partial charge >= 0.3 is 0 Å². The van der Waals surface area contributed by atoms with Crippen molar-refractivity contribution in [2.24, 2.45) is 0 Å². The molecule has 0 saturated carbocycles. The molecule has 1 aliphatic heterocycles. The van der Waals surface area contributed by atoms with Crippen LogP contribution in [0.4, 0.5) is 0 Å². The maximum atomic E-state index is 6.45. The second-order valence-electron chi connectivity index (χ2n) is 8.21. The van der Waals surface area contributed by atoms with Crippen molar-refractivity contribution in [2.45, 2.75) is 39.3 Å². The minimum absolute atomic E-state index is 0.169. The first-order valence-corrected chi connectivity index (χ1v) is 10.9. The number of hydrogen-bond donors (Lipinski definition) is 0. The number of likely N-dealkylation sites (tertiary alicyclic amines) is 1. The fourth-order valence-corrected chi connectivity index (χ4v) is 4.44. The monoisotopic (exact) mass is 413 g/mol. The Labute approximate surface area is 182 Å². The van der Waals surface area contributed by atoms with Crippen molar-refractivity contribution in [3.05, 3.63) is 78.0 Å². The van der Waals surface area contributed by atoms with Crippen molar-refractivity contribution in [3.63, 3.8) is 0 Å². The van der Waals surface area contributed by atoms with Gasteiger partial charge in [-0.25, -0.2) is 9.97 Å². The van der Waals surface area contributed by atoms with Gasteiger partial charge in [-0.05, 0) is 56.0 Å². The molecule has 0 atom stereocenters. The predicted octanol–water partition coefficient (Wildman–Crippen LogP) is 4.48. The van der Waals surface area contributed by atoms with Crippen LogP contribution in [0.2, 0.25) is 0 Å². The molecule has 1 fully saturated rings. The van der Waals surface area contributed by atoms with Crippen molar-refractivity contribution >= 4 is 11.0 Å². The highest BCUT2D eigenvalue weighted by molar-refractivity contribution is 5.88. The second kappa shape index (κ2) is 8.47. The number of piperidine rings is 1. The molecule has 6 heteroatoms. The Morgan fingerprint density at radius 3 is 2.55 bits per heavy atom. The van der Waals surface area contributed by atoms with Gasteiger partial charge in [-0.2, -0.15) is 0 Å². The van der Waals surface area contributed by atoms with Crippen LogP contribution in [0.5, 0.6) is 5.88 Å². The maximum absolute atomic E-state index is 6.45. The Hall–Kier alpha value is -3.25. The number of ether oxygens (including phenoxy) is 1. The fourth-order valence-electron chi connectivity index (χ4n) is 4.44. The summed E-state index contributed by atoms with van der Waals surface area (Å²) in [7, 11) is 0. The van der Waals surface area contributed by atoms with Gasteiger partial charge in [-0.15, -0.1) is 0 Å². The lowest BCUT2D eigenvalue weighted by molar-refractivity contribution is 0.0944. The molecular weight excluding hydrogens is 386 g/mol. The van der Waals surface area contributed by atoms with Gasteiger partial charge in [0.15, 0.2) is 5.65 Å². The Morgan fingerprint density at radius 1 is 1.00 bits per heavy atom. The summed E-state index contributed by atoms with van der Waals surface area (Å²) < 4.78 is 8.64. The molecule has 3 aromatic heterocycles. The number of pyridine rings is 1. The number of aromatic nitrogens is 4. The third kappa shape index (κ3) is 3.91. The van der Waals surface area contributed by atoms with Crippen LogP contribution in [0.15, 0.2) is 61.2 Å². The normalized spacial score (nSPS) is 15.4. The number of para-hydroxylation sites is 1. The van der Waals surface area contributed by atoms with Gasteiger partial charge in [0.05, 0.1) is 5.39 Å². The predicted molar refractivity (Wildman–Crippen MR) is 122 cm³/mol. The van der Waals surface area contributed by atoms with E-state index in [9.17, 15) is 0 Å². The van der Waals surface area contributed by atoms with Crippen LogP contribution in [0, 0.1) is 13.8 Å². The molecule has 5 rings (SSSR count). The lowest BCUT2D eigenvalue weighted by Gasteiger charge is -2.31. The number of nitrogens with zero attached hydrogens (tertiary/aromatic N) is 5. The van der Waals surface area contributed by atoms with Gasteiger partial charge in [0.25, 0.3) is 0 Å². The van der Waals surface area contributed by atoms with Crippen molar-refractivity contribution in [1.82, 2.24) is 24.4 Å². The number of hydrogen-bond acceptors (Lipinski definition) is 5. The van der Waals surface area contributed by atoms with E-state index in [-0.39, 0.29) is 6.10 Å². The average molecular weight is 414 g/mol. The SMILES string of the molecule is Cc1c(C)n(-c2ccccc2)c2ncnc(OC3CCN(Cc4cccnc4)CC3)c12. The first-order valence-electron chi connectivity index (χ1n) is 10.9. The second-order valence-corrected chi connectivity index (χ2v) is 8.21. The molecule has 6 nitrogen and oxygen atoms in total. The minimum Gasteiger partial charge on any atom is -0.474 e. The fraction of sp³-hybridized carbons (Fsp3) is 0.320. The molecule has 1 aliphatic rings. The molecule has 0 bridgehead atoms. The highest BCUT2D eigenvalue weighted by Crippen LogP contribution is 2.33. The lowest BCUT2D eigenvalue weighted by Crippen LogP contribution is -2.37. The van der Waals surface area contributed by atoms with E-state index in [0.29, 0.717) is 5.88 Å². The first-order chi connectivity index (χ1) is 15.2. The van der Waals surface area contributed by atoms with Gasteiger partial charge in [0.2, 0.25) is 5.88 Å². The van der Waals surface area contributed by atoms with Crippen LogP contribution in [-0.4, -0.2) is 43.6 Å². The quantitative estimate of drug-likeness (QED) is 0.483. The van der Waals surface area contributed by atoms with Gasteiger partial charge < -0.3 is 4.74 Å². The maximum Gasteiger partial charge on any atom is 0.226 e. The summed E-state index contributed by atoms with van der Waals surface area (Å²) in [6.07, 6.45) is 7.53. The third-order valence-corrected chi connectivity index (χ3v) is 6.21. The van der Waals surface area contributed by atoms with Crippen molar-refractivity contribution < 1.29 is 4.74 Å². The molecular formula is C25H27N5O. The summed E-state index contributed by atoms with van der Waals surface area (Å²) in [6, 6.07) is 14.5. The van der Waals surface area contributed by atoms with Crippen LogP contribution in [-0.2, 0) is 6.54 Å². The molecule has 158 valence electrons. The van der Waals surface area contributed by atoms with Crippen LogP contribution in [0.1, 0.15) is 29.7 Å². The summed E-state index contributed by atoms with van der Waals surface area (Å²) in [5.41, 5.74) is 5.60. The van der Waals surface area contributed by atoms with Crippen molar-refractivity contribution in [2.75, 3.05) is 13.1 Å². The molecule has 0 aliphatic carbocycles. The van der Waals surface area contributed by atoms with Crippen molar-refractivity contribution in [1.29, 1.82) is 0 Å². The highest BCUT2D eigenvalue weighted by atomic mass is 16.5. The molecule has 0 unspecified atom stereocenters. The van der Waals surface area contributed by atoms with E-state index >= 15 is 0 Å². The molecule has 1 aromatic carbocycles. The molecule has 0 radical (unpaired) electrons. The highest BCUT2D eigenvalue weighted by Gasteiger charge is 2.24. The van der Waals surface area contributed by atoms with Gasteiger partial charge in [-0.1, -0.05) is 24.3 Å². The molecule has 4 heterocycles. The Kier molecular flexibility index (Phi) is 5.38. The molecule has 0 amide bonds. The minimum atomic E-state index is 0.169. The number of benzene rings is 1. The van der Waals surface area contributed by atoms with Crippen LogP contribution >= 0.6 is 0 Å². The summed E-state index contributed by atoms with van der Waals surface area (Å²) in [5, 5.41) is 1.02. The zero-order valence-corrected chi connectivity index (χ0v) is 18.0. The molecule has 0 N–H and O–H groups in total.